The van der Waals surface area contributed by atoms with Gasteiger partial charge < -0.3 is 25.0 Å². The van der Waals surface area contributed by atoms with Gasteiger partial charge in [0.15, 0.2) is 6.61 Å². The zero-order chi connectivity index (χ0) is 23.0. The van der Waals surface area contributed by atoms with Crippen LogP contribution >= 0.6 is 0 Å². The molecule has 2 N–H and O–H groups in total. The number of hydrogen-bond acceptors (Lipinski definition) is 5. The average molecular weight is 434 g/mol. The monoisotopic (exact) mass is 433 g/mol. The van der Waals surface area contributed by atoms with Crippen molar-refractivity contribution < 1.29 is 23.9 Å². The van der Waals surface area contributed by atoms with Crippen LogP contribution in [0.25, 0.3) is 0 Å². The minimum absolute atomic E-state index is 0.0282. The normalized spacial score (nSPS) is 15.7. The predicted molar refractivity (Wildman–Crippen MR) is 118 cm³/mol. The highest BCUT2D eigenvalue weighted by Crippen LogP contribution is 2.27. The Morgan fingerprint density at radius 3 is 2.35 bits per heavy atom. The van der Waals surface area contributed by atoms with Crippen LogP contribution in [0.15, 0.2) is 24.3 Å². The SMILES string of the molecule is CCC(NC(=O)C(C)NC(=O)OC(C)(C)C)c1ccccc1OCC(=O)N1CCCC1. The highest BCUT2D eigenvalue weighted by Gasteiger charge is 2.24. The first-order valence-electron chi connectivity index (χ1n) is 10.9. The first-order valence-corrected chi connectivity index (χ1v) is 10.9. The van der Waals surface area contributed by atoms with E-state index in [9.17, 15) is 14.4 Å². The molecule has 0 saturated carbocycles. The molecular formula is C23H35N3O5. The van der Waals surface area contributed by atoms with Gasteiger partial charge in [-0.1, -0.05) is 25.1 Å². The standard InChI is InChI=1S/C23H35N3O5/c1-6-18(25-21(28)16(2)24-22(29)31-23(3,4)5)17-11-7-8-12-19(17)30-15-20(27)26-13-9-10-14-26/h7-8,11-12,16,18H,6,9-10,13-15H2,1-5H3,(H,24,29)(H,25,28). The molecule has 0 aromatic heterocycles. The van der Waals surface area contributed by atoms with Gasteiger partial charge in [-0.2, -0.15) is 0 Å². The van der Waals surface area contributed by atoms with E-state index in [2.05, 4.69) is 10.6 Å². The van der Waals surface area contributed by atoms with Gasteiger partial charge in [-0.25, -0.2) is 4.79 Å². The highest BCUT2D eigenvalue weighted by molar-refractivity contribution is 5.85. The Kier molecular flexibility index (Phi) is 8.71. The van der Waals surface area contributed by atoms with Crippen LogP contribution in [0, 0.1) is 0 Å². The summed E-state index contributed by atoms with van der Waals surface area (Å²) in [4.78, 5) is 38.7. The molecule has 0 bridgehead atoms. The van der Waals surface area contributed by atoms with Gasteiger partial charge in [0.05, 0.1) is 6.04 Å². The van der Waals surface area contributed by atoms with Crippen molar-refractivity contribution in [2.24, 2.45) is 0 Å². The van der Waals surface area contributed by atoms with Crippen molar-refractivity contribution in [3.8, 4) is 5.75 Å². The zero-order valence-corrected chi connectivity index (χ0v) is 19.2. The van der Waals surface area contributed by atoms with Crippen molar-refractivity contribution in [1.29, 1.82) is 0 Å². The molecule has 8 heteroatoms. The van der Waals surface area contributed by atoms with Gasteiger partial charge >= 0.3 is 6.09 Å². The van der Waals surface area contributed by atoms with Crippen LogP contribution in [0.5, 0.6) is 5.75 Å². The summed E-state index contributed by atoms with van der Waals surface area (Å²) in [6.45, 7) is 10.4. The van der Waals surface area contributed by atoms with E-state index in [0.717, 1.165) is 31.5 Å². The molecule has 3 amide bonds. The van der Waals surface area contributed by atoms with E-state index in [1.807, 2.05) is 30.0 Å². The van der Waals surface area contributed by atoms with E-state index in [1.165, 1.54) is 0 Å². The fourth-order valence-corrected chi connectivity index (χ4v) is 3.34. The van der Waals surface area contributed by atoms with E-state index < -0.39 is 17.7 Å². The van der Waals surface area contributed by atoms with E-state index in [-0.39, 0.29) is 24.5 Å². The minimum atomic E-state index is -0.770. The summed E-state index contributed by atoms with van der Waals surface area (Å²) in [6, 6.07) is 6.27. The number of para-hydroxylation sites is 1. The van der Waals surface area contributed by atoms with Crippen LogP contribution in [0.3, 0.4) is 0 Å². The van der Waals surface area contributed by atoms with E-state index >= 15 is 0 Å². The van der Waals surface area contributed by atoms with Gasteiger partial charge in [0.1, 0.15) is 17.4 Å². The molecule has 0 aliphatic carbocycles. The van der Waals surface area contributed by atoms with Crippen molar-refractivity contribution in [3.63, 3.8) is 0 Å². The Hall–Kier alpha value is -2.77. The van der Waals surface area contributed by atoms with Gasteiger partial charge in [0, 0.05) is 18.7 Å². The maximum Gasteiger partial charge on any atom is 0.408 e. The van der Waals surface area contributed by atoms with E-state index in [1.54, 1.807) is 33.8 Å². The molecule has 8 nitrogen and oxygen atoms in total. The summed E-state index contributed by atoms with van der Waals surface area (Å²) in [5, 5.41) is 5.50. The Balaban J connectivity index is 1.99. The number of nitrogens with zero attached hydrogens (tertiary/aromatic N) is 1. The van der Waals surface area contributed by atoms with Crippen LogP contribution in [0.4, 0.5) is 4.79 Å². The largest absolute Gasteiger partial charge is 0.483 e. The smallest absolute Gasteiger partial charge is 0.408 e. The van der Waals surface area contributed by atoms with Crippen molar-refractivity contribution in [3.05, 3.63) is 29.8 Å². The fourth-order valence-electron chi connectivity index (χ4n) is 3.34. The molecular weight excluding hydrogens is 398 g/mol. The summed E-state index contributed by atoms with van der Waals surface area (Å²) in [5.41, 5.74) is 0.145. The van der Waals surface area contributed by atoms with Crippen LogP contribution in [0.2, 0.25) is 0 Å². The van der Waals surface area contributed by atoms with Gasteiger partial charge in [-0.05, 0) is 53.0 Å². The Bertz CT molecular complexity index is 769. The van der Waals surface area contributed by atoms with Crippen molar-refractivity contribution in [2.75, 3.05) is 19.7 Å². The first kappa shape index (κ1) is 24.5. The maximum absolute atomic E-state index is 12.7. The number of rotatable bonds is 8. The number of carbonyl (C=O) groups is 3. The number of amides is 3. The number of likely N-dealkylation sites (tertiary alicyclic amines) is 1. The quantitative estimate of drug-likeness (QED) is 0.656. The molecule has 1 saturated heterocycles. The Labute approximate surface area is 184 Å². The van der Waals surface area contributed by atoms with Crippen molar-refractivity contribution in [1.82, 2.24) is 15.5 Å². The molecule has 2 unspecified atom stereocenters. The molecule has 1 heterocycles. The Morgan fingerprint density at radius 2 is 1.74 bits per heavy atom. The molecule has 2 rings (SSSR count). The molecule has 1 fully saturated rings. The third-order valence-electron chi connectivity index (χ3n) is 4.96. The summed E-state index contributed by atoms with van der Waals surface area (Å²) < 4.78 is 11.0. The van der Waals surface area contributed by atoms with Crippen LogP contribution in [-0.4, -0.2) is 54.1 Å². The number of carbonyl (C=O) groups excluding carboxylic acids is 3. The summed E-state index contributed by atoms with van der Waals surface area (Å²) in [5.74, 6) is 0.204. The zero-order valence-electron chi connectivity index (χ0n) is 19.2. The number of alkyl carbamates (subject to hydrolysis) is 1. The number of benzene rings is 1. The number of nitrogens with one attached hydrogen (secondary N) is 2. The number of ether oxygens (including phenoxy) is 2. The molecule has 2 atom stereocenters. The van der Waals surface area contributed by atoms with E-state index in [4.69, 9.17) is 9.47 Å². The second kappa shape index (κ2) is 11.0. The third-order valence-corrected chi connectivity index (χ3v) is 4.96. The molecule has 1 aliphatic rings. The first-order chi connectivity index (χ1) is 14.6. The molecule has 31 heavy (non-hydrogen) atoms. The second-order valence-electron chi connectivity index (χ2n) is 8.75. The van der Waals surface area contributed by atoms with Gasteiger partial charge in [0.25, 0.3) is 5.91 Å². The number of hydrogen-bond donors (Lipinski definition) is 2. The van der Waals surface area contributed by atoms with E-state index in [0.29, 0.717) is 12.2 Å². The van der Waals surface area contributed by atoms with Crippen LogP contribution in [-0.2, 0) is 14.3 Å². The molecule has 0 spiro atoms. The molecule has 0 radical (unpaired) electrons. The minimum Gasteiger partial charge on any atom is -0.483 e. The molecule has 1 aromatic rings. The second-order valence-corrected chi connectivity index (χ2v) is 8.75. The average Bonchev–Trinajstić information content (AvgIpc) is 3.23. The summed E-state index contributed by atoms with van der Waals surface area (Å²) in [6.07, 6.45) is 2.03. The lowest BCUT2D eigenvalue weighted by atomic mass is 10.0. The van der Waals surface area contributed by atoms with Gasteiger partial charge in [-0.15, -0.1) is 0 Å². The van der Waals surface area contributed by atoms with Gasteiger partial charge in [-0.3, -0.25) is 9.59 Å². The fraction of sp³-hybridized carbons (Fsp3) is 0.609. The maximum atomic E-state index is 12.7. The third kappa shape index (κ3) is 7.77. The summed E-state index contributed by atoms with van der Waals surface area (Å²) >= 11 is 0. The highest BCUT2D eigenvalue weighted by atomic mass is 16.6. The molecule has 1 aromatic carbocycles. The molecule has 1 aliphatic heterocycles. The van der Waals surface area contributed by atoms with Crippen molar-refractivity contribution >= 4 is 17.9 Å². The Morgan fingerprint density at radius 1 is 1.10 bits per heavy atom. The van der Waals surface area contributed by atoms with Crippen LogP contribution < -0.4 is 15.4 Å². The lowest BCUT2D eigenvalue weighted by Gasteiger charge is -2.24. The summed E-state index contributed by atoms with van der Waals surface area (Å²) in [7, 11) is 0. The van der Waals surface area contributed by atoms with Crippen molar-refractivity contribution in [2.45, 2.75) is 71.6 Å². The molecule has 172 valence electrons. The lowest BCUT2D eigenvalue weighted by Crippen LogP contribution is -2.47. The predicted octanol–water partition coefficient (Wildman–Crippen LogP) is 3.17. The van der Waals surface area contributed by atoms with Crippen LogP contribution in [0.1, 0.15) is 65.5 Å². The lowest BCUT2D eigenvalue weighted by molar-refractivity contribution is -0.132. The topological polar surface area (TPSA) is 97.0 Å². The van der Waals surface area contributed by atoms with Gasteiger partial charge in [0.2, 0.25) is 5.91 Å².